The van der Waals surface area contributed by atoms with Crippen LogP contribution in [0.2, 0.25) is 5.02 Å². The number of aryl methyl sites for hydroxylation is 1. The Morgan fingerprint density at radius 2 is 2.00 bits per heavy atom. The van der Waals surface area contributed by atoms with Crippen LogP contribution in [0.25, 0.3) is 0 Å². The van der Waals surface area contributed by atoms with E-state index in [0.29, 0.717) is 11.1 Å². The lowest BCUT2D eigenvalue weighted by atomic mass is 10.1. The van der Waals surface area contributed by atoms with Gasteiger partial charge in [-0.05, 0) is 43.5 Å². The van der Waals surface area contributed by atoms with Gasteiger partial charge in [0, 0.05) is 12.2 Å². The van der Waals surface area contributed by atoms with E-state index in [9.17, 15) is 0 Å². The molecule has 0 bridgehead atoms. The number of ether oxygens (including phenoxy) is 1. The quantitative estimate of drug-likeness (QED) is 0.867. The Hall–Kier alpha value is -1.74. The van der Waals surface area contributed by atoms with E-state index in [1.54, 1.807) is 25.6 Å². The van der Waals surface area contributed by atoms with Gasteiger partial charge >= 0.3 is 0 Å². The first-order valence-electron chi connectivity index (χ1n) is 6.68. The zero-order chi connectivity index (χ0) is 14.4. The summed E-state index contributed by atoms with van der Waals surface area (Å²) in [5, 5.41) is 4.09. The number of pyridine rings is 1. The third kappa shape index (κ3) is 4.14. The van der Waals surface area contributed by atoms with Crippen molar-refractivity contribution >= 4 is 17.3 Å². The summed E-state index contributed by atoms with van der Waals surface area (Å²) in [6, 6.07) is 10.3. The van der Waals surface area contributed by atoms with Crippen molar-refractivity contribution in [2.45, 2.75) is 25.8 Å². The minimum absolute atomic E-state index is 0.332. The van der Waals surface area contributed by atoms with Crippen LogP contribution in [0.1, 0.15) is 18.9 Å². The van der Waals surface area contributed by atoms with E-state index in [1.165, 1.54) is 5.56 Å². The number of hydrogen-bond donors (Lipinski definition) is 1. The number of halogens is 1. The highest BCUT2D eigenvalue weighted by Crippen LogP contribution is 2.21. The van der Waals surface area contributed by atoms with Crippen LogP contribution in [0, 0.1) is 0 Å². The second-order valence-electron chi connectivity index (χ2n) is 4.79. The highest BCUT2D eigenvalue weighted by atomic mass is 35.5. The summed E-state index contributed by atoms with van der Waals surface area (Å²) < 4.78 is 5.15. The van der Waals surface area contributed by atoms with Gasteiger partial charge in [-0.15, -0.1) is 0 Å². The van der Waals surface area contributed by atoms with E-state index in [1.807, 2.05) is 12.1 Å². The largest absolute Gasteiger partial charge is 0.497 e. The molecule has 2 rings (SSSR count). The van der Waals surface area contributed by atoms with E-state index in [0.717, 1.165) is 24.3 Å². The molecule has 2 aromatic rings. The van der Waals surface area contributed by atoms with Gasteiger partial charge in [-0.3, -0.25) is 4.98 Å². The second-order valence-corrected chi connectivity index (χ2v) is 5.19. The molecule has 0 saturated heterocycles. The number of benzene rings is 1. The van der Waals surface area contributed by atoms with Crippen molar-refractivity contribution in [3.05, 3.63) is 53.3 Å². The van der Waals surface area contributed by atoms with E-state index < -0.39 is 0 Å². The second kappa shape index (κ2) is 7.15. The van der Waals surface area contributed by atoms with Gasteiger partial charge in [-0.25, -0.2) is 0 Å². The summed E-state index contributed by atoms with van der Waals surface area (Å²) in [5.41, 5.74) is 2.19. The van der Waals surface area contributed by atoms with Crippen LogP contribution in [0.4, 0.5) is 5.69 Å². The number of nitrogens with zero attached hydrogens (tertiary/aromatic N) is 1. The van der Waals surface area contributed by atoms with Gasteiger partial charge in [-0.1, -0.05) is 23.7 Å². The molecule has 0 amide bonds. The lowest BCUT2D eigenvalue weighted by molar-refractivity contribution is 0.414. The Balaban J connectivity index is 1.85. The van der Waals surface area contributed by atoms with Crippen LogP contribution < -0.4 is 10.1 Å². The van der Waals surface area contributed by atoms with Crippen molar-refractivity contribution in [2.75, 3.05) is 12.4 Å². The normalized spacial score (nSPS) is 11.9. The highest BCUT2D eigenvalue weighted by molar-refractivity contribution is 6.33. The van der Waals surface area contributed by atoms with Gasteiger partial charge in [0.1, 0.15) is 5.75 Å². The van der Waals surface area contributed by atoms with Crippen molar-refractivity contribution < 1.29 is 4.74 Å². The van der Waals surface area contributed by atoms with Gasteiger partial charge in [0.25, 0.3) is 0 Å². The predicted molar refractivity (Wildman–Crippen MR) is 83.6 cm³/mol. The third-order valence-electron chi connectivity index (χ3n) is 3.19. The van der Waals surface area contributed by atoms with E-state index in [4.69, 9.17) is 16.3 Å². The Labute approximate surface area is 124 Å². The first-order chi connectivity index (χ1) is 9.69. The third-order valence-corrected chi connectivity index (χ3v) is 3.52. The average molecular weight is 291 g/mol. The summed E-state index contributed by atoms with van der Waals surface area (Å²) in [7, 11) is 1.68. The molecule has 0 radical (unpaired) electrons. The minimum atomic E-state index is 0.332. The molecule has 0 aliphatic carbocycles. The molecular weight excluding hydrogens is 272 g/mol. The molecule has 3 nitrogen and oxygen atoms in total. The zero-order valence-electron chi connectivity index (χ0n) is 11.8. The molecule has 1 unspecified atom stereocenters. The molecule has 0 saturated carbocycles. The number of methoxy groups -OCH3 is 1. The first kappa shape index (κ1) is 14.7. The smallest absolute Gasteiger partial charge is 0.118 e. The molecule has 1 N–H and O–H groups in total. The fourth-order valence-electron chi connectivity index (χ4n) is 2.00. The monoisotopic (exact) mass is 290 g/mol. The summed E-state index contributed by atoms with van der Waals surface area (Å²) in [4.78, 5) is 4.08. The maximum Gasteiger partial charge on any atom is 0.118 e. The van der Waals surface area contributed by atoms with Crippen molar-refractivity contribution in [1.29, 1.82) is 0 Å². The Kier molecular flexibility index (Phi) is 5.24. The fourth-order valence-corrected chi connectivity index (χ4v) is 2.16. The molecule has 4 heteroatoms. The van der Waals surface area contributed by atoms with Gasteiger partial charge in [0.15, 0.2) is 0 Å². The highest BCUT2D eigenvalue weighted by Gasteiger charge is 2.06. The van der Waals surface area contributed by atoms with Crippen LogP contribution in [0.3, 0.4) is 0 Å². The number of anilines is 1. The molecule has 0 spiro atoms. The Morgan fingerprint density at radius 3 is 2.65 bits per heavy atom. The number of nitrogens with one attached hydrogen (secondary N) is 1. The molecule has 0 aliphatic heterocycles. The lowest BCUT2D eigenvalue weighted by Gasteiger charge is -2.16. The SMILES string of the molecule is COc1ccc(CCC(C)Nc2cnccc2Cl)cc1. The summed E-state index contributed by atoms with van der Waals surface area (Å²) in [5.74, 6) is 0.891. The Bertz CT molecular complexity index is 542. The summed E-state index contributed by atoms with van der Waals surface area (Å²) in [6.45, 7) is 2.15. The van der Waals surface area contributed by atoms with Gasteiger partial charge in [-0.2, -0.15) is 0 Å². The first-order valence-corrected chi connectivity index (χ1v) is 7.06. The van der Waals surface area contributed by atoms with E-state index in [-0.39, 0.29) is 0 Å². The molecular formula is C16H19ClN2O. The van der Waals surface area contributed by atoms with Gasteiger partial charge < -0.3 is 10.1 Å². The Morgan fingerprint density at radius 1 is 1.25 bits per heavy atom. The molecule has 1 aromatic heterocycles. The molecule has 1 aromatic carbocycles. The van der Waals surface area contributed by atoms with Crippen molar-refractivity contribution in [2.24, 2.45) is 0 Å². The number of aromatic nitrogens is 1. The number of rotatable bonds is 6. The minimum Gasteiger partial charge on any atom is -0.497 e. The van der Waals surface area contributed by atoms with Crippen LogP contribution in [0.5, 0.6) is 5.75 Å². The van der Waals surface area contributed by atoms with Gasteiger partial charge in [0.2, 0.25) is 0 Å². The predicted octanol–water partition coefficient (Wildman–Crippen LogP) is 4.18. The fraction of sp³-hybridized carbons (Fsp3) is 0.312. The van der Waals surface area contributed by atoms with Crippen LogP contribution >= 0.6 is 11.6 Å². The maximum atomic E-state index is 6.10. The standard InChI is InChI=1S/C16H19ClN2O/c1-12(19-16-11-18-10-9-15(16)17)3-4-13-5-7-14(20-2)8-6-13/h5-12,19H,3-4H2,1-2H3. The summed E-state index contributed by atoms with van der Waals surface area (Å²) >= 11 is 6.10. The molecule has 1 atom stereocenters. The van der Waals surface area contributed by atoms with Crippen LogP contribution in [-0.2, 0) is 6.42 Å². The zero-order valence-corrected chi connectivity index (χ0v) is 12.5. The van der Waals surface area contributed by atoms with Crippen molar-refractivity contribution in [3.8, 4) is 5.75 Å². The van der Waals surface area contributed by atoms with Crippen LogP contribution in [-0.4, -0.2) is 18.1 Å². The lowest BCUT2D eigenvalue weighted by Crippen LogP contribution is -2.16. The molecule has 0 aliphatic rings. The van der Waals surface area contributed by atoms with E-state index in [2.05, 4.69) is 29.4 Å². The number of hydrogen-bond acceptors (Lipinski definition) is 3. The molecule has 20 heavy (non-hydrogen) atoms. The van der Waals surface area contributed by atoms with Crippen LogP contribution in [0.15, 0.2) is 42.7 Å². The van der Waals surface area contributed by atoms with Crippen molar-refractivity contribution in [1.82, 2.24) is 4.98 Å². The molecule has 0 fully saturated rings. The topological polar surface area (TPSA) is 34.1 Å². The summed E-state index contributed by atoms with van der Waals surface area (Å²) in [6.07, 6.45) is 5.48. The molecule has 106 valence electrons. The molecule has 1 heterocycles. The maximum absolute atomic E-state index is 6.10. The van der Waals surface area contributed by atoms with Crippen molar-refractivity contribution in [3.63, 3.8) is 0 Å². The van der Waals surface area contributed by atoms with E-state index >= 15 is 0 Å². The van der Waals surface area contributed by atoms with Gasteiger partial charge in [0.05, 0.1) is 24.0 Å². The average Bonchev–Trinajstić information content (AvgIpc) is 2.48.